The lowest BCUT2D eigenvalue weighted by Crippen LogP contribution is -2.40. The summed E-state index contributed by atoms with van der Waals surface area (Å²) >= 11 is 0. The van der Waals surface area contributed by atoms with Gasteiger partial charge in [-0.3, -0.25) is 4.79 Å². The molecule has 1 saturated carbocycles. The molecule has 0 saturated heterocycles. The maximum absolute atomic E-state index is 12.1. The summed E-state index contributed by atoms with van der Waals surface area (Å²) in [5, 5.41) is 2.95. The largest absolute Gasteiger partial charge is 0.493 e. The quantitative estimate of drug-likeness (QED) is 0.810. The normalized spacial score (nSPS) is 16.4. The van der Waals surface area contributed by atoms with Gasteiger partial charge in [0.25, 0.3) is 0 Å². The molecule has 0 atom stereocenters. The maximum Gasteiger partial charge on any atom is 0.224 e. The molecule has 1 aromatic carbocycles. The van der Waals surface area contributed by atoms with Crippen LogP contribution in [0.4, 0.5) is 5.69 Å². The molecule has 0 heterocycles. The van der Waals surface area contributed by atoms with Gasteiger partial charge in [-0.1, -0.05) is 26.3 Å². The Morgan fingerprint density at radius 1 is 1.43 bits per heavy atom. The molecule has 2 rings (SSSR count). The van der Waals surface area contributed by atoms with Crippen molar-refractivity contribution in [1.82, 2.24) is 0 Å². The number of benzene rings is 1. The van der Waals surface area contributed by atoms with Gasteiger partial charge in [0, 0.05) is 18.2 Å². The van der Waals surface area contributed by atoms with Crippen LogP contribution in [0, 0.1) is 11.3 Å². The lowest BCUT2D eigenvalue weighted by Gasteiger charge is -2.40. The van der Waals surface area contributed by atoms with Crippen molar-refractivity contribution < 1.29 is 9.53 Å². The van der Waals surface area contributed by atoms with E-state index < -0.39 is 0 Å². The van der Waals surface area contributed by atoms with E-state index in [0.717, 1.165) is 24.3 Å². The fraction of sp³-hybridized carbons (Fsp3) is 0.588. The van der Waals surface area contributed by atoms with E-state index in [1.54, 1.807) is 0 Å². The first-order valence-electron chi connectivity index (χ1n) is 7.76. The number of carbonyl (C=O) groups is 1. The highest BCUT2D eigenvalue weighted by Gasteiger charge is 2.37. The van der Waals surface area contributed by atoms with E-state index in [2.05, 4.69) is 19.2 Å². The highest BCUT2D eigenvalue weighted by molar-refractivity contribution is 5.91. The van der Waals surface area contributed by atoms with Crippen LogP contribution < -0.4 is 15.8 Å². The van der Waals surface area contributed by atoms with Gasteiger partial charge in [0.2, 0.25) is 5.91 Å². The van der Waals surface area contributed by atoms with E-state index in [4.69, 9.17) is 10.5 Å². The summed E-state index contributed by atoms with van der Waals surface area (Å²) in [5.74, 6) is 1.31. The fourth-order valence-corrected chi connectivity index (χ4v) is 2.60. The number of anilines is 1. The van der Waals surface area contributed by atoms with Crippen LogP contribution in [-0.2, 0) is 4.79 Å². The molecule has 116 valence electrons. The van der Waals surface area contributed by atoms with Crippen LogP contribution in [0.15, 0.2) is 24.3 Å². The molecule has 0 bridgehead atoms. The summed E-state index contributed by atoms with van der Waals surface area (Å²) in [6.45, 7) is 5.48. The topological polar surface area (TPSA) is 64.3 Å². The van der Waals surface area contributed by atoms with Gasteiger partial charge in [-0.2, -0.15) is 0 Å². The number of amides is 1. The van der Waals surface area contributed by atoms with Gasteiger partial charge >= 0.3 is 0 Å². The predicted octanol–water partition coefficient (Wildman–Crippen LogP) is 3.18. The monoisotopic (exact) mass is 290 g/mol. The zero-order valence-electron chi connectivity index (χ0n) is 13.0. The molecule has 1 fully saturated rings. The minimum atomic E-state index is 0.0375. The standard InChI is InChI=1S/C17H26N2O2/c1-13(2)11-21-15-6-3-5-14(9-15)19-16(20)10-17(12-18)7-4-8-17/h3,5-6,9,13H,4,7-8,10-12,18H2,1-2H3,(H,19,20). The summed E-state index contributed by atoms with van der Waals surface area (Å²) in [6.07, 6.45) is 3.83. The molecular formula is C17H26N2O2. The Kier molecular flexibility index (Phi) is 5.23. The van der Waals surface area contributed by atoms with Gasteiger partial charge < -0.3 is 15.8 Å². The van der Waals surface area contributed by atoms with Crippen LogP contribution in [0.25, 0.3) is 0 Å². The van der Waals surface area contributed by atoms with Crippen molar-refractivity contribution in [1.29, 1.82) is 0 Å². The van der Waals surface area contributed by atoms with Crippen LogP contribution in [0.5, 0.6) is 5.75 Å². The van der Waals surface area contributed by atoms with Gasteiger partial charge in [-0.25, -0.2) is 0 Å². The van der Waals surface area contributed by atoms with Crippen molar-refractivity contribution in [2.75, 3.05) is 18.5 Å². The van der Waals surface area contributed by atoms with Crippen LogP contribution in [0.3, 0.4) is 0 Å². The average Bonchev–Trinajstić information content (AvgIpc) is 2.41. The molecule has 4 heteroatoms. The second-order valence-corrected chi connectivity index (χ2v) is 6.52. The Morgan fingerprint density at radius 3 is 2.76 bits per heavy atom. The Morgan fingerprint density at radius 2 is 2.19 bits per heavy atom. The second-order valence-electron chi connectivity index (χ2n) is 6.52. The fourth-order valence-electron chi connectivity index (χ4n) is 2.60. The van der Waals surface area contributed by atoms with Crippen LogP contribution in [0.1, 0.15) is 39.5 Å². The SMILES string of the molecule is CC(C)COc1cccc(NC(=O)CC2(CN)CCC2)c1. The summed E-state index contributed by atoms with van der Waals surface area (Å²) in [5.41, 5.74) is 6.62. The van der Waals surface area contributed by atoms with Crippen molar-refractivity contribution in [3.05, 3.63) is 24.3 Å². The Bertz CT molecular complexity index is 476. The summed E-state index contributed by atoms with van der Waals surface area (Å²) in [4.78, 5) is 12.1. The van der Waals surface area contributed by atoms with E-state index in [1.807, 2.05) is 24.3 Å². The number of nitrogens with one attached hydrogen (secondary N) is 1. The Hall–Kier alpha value is -1.55. The molecule has 3 N–H and O–H groups in total. The third kappa shape index (κ3) is 4.46. The van der Waals surface area contributed by atoms with Gasteiger partial charge in [-0.15, -0.1) is 0 Å². The third-order valence-electron chi connectivity index (χ3n) is 4.08. The number of carbonyl (C=O) groups excluding carboxylic acids is 1. The molecule has 1 aliphatic rings. The van der Waals surface area contributed by atoms with E-state index >= 15 is 0 Å². The molecule has 0 aliphatic heterocycles. The first-order chi connectivity index (χ1) is 10.0. The van der Waals surface area contributed by atoms with E-state index in [1.165, 1.54) is 6.42 Å². The second kappa shape index (κ2) is 6.94. The minimum absolute atomic E-state index is 0.0375. The van der Waals surface area contributed by atoms with Crippen LogP contribution >= 0.6 is 0 Å². The van der Waals surface area contributed by atoms with Crippen molar-refractivity contribution >= 4 is 11.6 Å². The molecule has 0 unspecified atom stereocenters. The van der Waals surface area contributed by atoms with Crippen molar-refractivity contribution in [2.24, 2.45) is 17.1 Å². The summed E-state index contributed by atoms with van der Waals surface area (Å²) in [7, 11) is 0. The number of hydrogen-bond donors (Lipinski definition) is 2. The molecule has 0 spiro atoms. The van der Waals surface area contributed by atoms with Crippen LogP contribution in [-0.4, -0.2) is 19.1 Å². The van der Waals surface area contributed by atoms with E-state index in [0.29, 0.717) is 25.5 Å². The van der Waals surface area contributed by atoms with Crippen molar-refractivity contribution in [2.45, 2.75) is 39.5 Å². The first-order valence-corrected chi connectivity index (χ1v) is 7.76. The van der Waals surface area contributed by atoms with E-state index in [9.17, 15) is 4.79 Å². The molecular weight excluding hydrogens is 264 g/mol. The number of rotatable bonds is 7. The van der Waals surface area contributed by atoms with Gasteiger partial charge in [0.15, 0.2) is 0 Å². The van der Waals surface area contributed by atoms with E-state index in [-0.39, 0.29) is 11.3 Å². The predicted molar refractivity (Wildman–Crippen MR) is 85.4 cm³/mol. The molecule has 1 amide bonds. The van der Waals surface area contributed by atoms with Crippen LogP contribution in [0.2, 0.25) is 0 Å². The van der Waals surface area contributed by atoms with Crippen molar-refractivity contribution in [3.63, 3.8) is 0 Å². The number of hydrogen-bond acceptors (Lipinski definition) is 3. The van der Waals surface area contributed by atoms with Crippen molar-refractivity contribution in [3.8, 4) is 5.75 Å². The Balaban J connectivity index is 1.90. The molecule has 1 aliphatic carbocycles. The molecule has 4 nitrogen and oxygen atoms in total. The van der Waals surface area contributed by atoms with Gasteiger partial charge in [0.1, 0.15) is 5.75 Å². The number of ether oxygens (including phenoxy) is 1. The van der Waals surface area contributed by atoms with Gasteiger partial charge in [0.05, 0.1) is 6.61 Å². The number of nitrogens with two attached hydrogens (primary N) is 1. The lowest BCUT2D eigenvalue weighted by molar-refractivity contribution is -0.119. The Labute approximate surface area is 127 Å². The zero-order valence-corrected chi connectivity index (χ0v) is 13.0. The van der Waals surface area contributed by atoms with Gasteiger partial charge in [-0.05, 0) is 42.9 Å². The molecule has 1 aromatic rings. The molecule has 0 aromatic heterocycles. The smallest absolute Gasteiger partial charge is 0.224 e. The zero-order chi connectivity index (χ0) is 15.3. The maximum atomic E-state index is 12.1. The highest BCUT2D eigenvalue weighted by Crippen LogP contribution is 2.43. The summed E-state index contributed by atoms with van der Waals surface area (Å²) in [6, 6.07) is 7.56. The highest BCUT2D eigenvalue weighted by atomic mass is 16.5. The average molecular weight is 290 g/mol. The lowest BCUT2D eigenvalue weighted by atomic mass is 9.66. The molecule has 0 radical (unpaired) electrons. The molecule has 21 heavy (non-hydrogen) atoms. The minimum Gasteiger partial charge on any atom is -0.493 e. The first kappa shape index (κ1) is 15.8. The third-order valence-corrected chi connectivity index (χ3v) is 4.08. The summed E-state index contributed by atoms with van der Waals surface area (Å²) < 4.78 is 5.67.